The van der Waals surface area contributed by atoms with Crippen molar-refractivity contribution in [2.24, 2.45) is 11.1 Å². The Morgan fingerprint density at radius 1 is 1.31 bits per heavy atom. The van der Waals surface area contributed by atoms with Crippen molar-refractivity contribution in [3.63, 3.8) is 0 Å². The molecule has 1 aliphatic carbocycles. The van der Waals surface area contributed by atoms with Crippen molar-refractivity contribution in [3.05, 3.63) is 0 Å². The van der Waals surface area contributed by atoms with Gasteiger partial charge in [-0.2, -0.15) is 13.2 Å². The molecule has 0 aromatic carbocycles. The van der Waals surface area contributed by atoms with E-state index >= 15 is 0 Å². The quantitative estimate of drug-likeness (QED) is 0.712. The van der Waals surface area contributed by atoms with Crippen LogP contribution in [0.5, 0.6) is 0 Å². The molecule has 0 spiro atoms. The molecule has 94 valence electrons. The van der Waals surface area contributed by atoms with Crippen LogP contribution in [0, 0.1) is 5.41 Å². The minimum atomic E-state index is -4.59. The summed E-state index contributed by atoms with van der Waals surface area (Å²) in [5.41, 5.74) is 2.03. The number of carbonyl (C=O) groups excluding carboxylic acids is 1. The zero-order valence-corrected chi connectivity index (χ0v) is 9.52. The molecule has 0 radical (unpaired) electrons. The van der Waals surface area contributed by atoms with Crippen LogP contribution in [-0.2, 0) is 9.53 Å². The lowest BCUT2D eigenvalue weighted by Gasteiger charge is -2.45. The minimum absolute atomic E-state index is 0.384. The number of carbonyl (C=O) groups is 1. The average Bonchev–Trinajstić information content (AvgIpc) is 1.91. The minimum Gasteiger partial charge on any atom is -0.459 e. The fourth-order valence-corrected chi connectivity index (χ4v) is 1.73. The van der Waals surface area contributed by atoms with Gasteiger partial charge in [0.25, 0.3) is 0 Å². The van der Waals surface area contributed by atoms with Crippen molar-refractivity contribution in [1.29, 1.82) is 0 Å². The van der Waals surface area contributed by atoms with Crippen LogP contribution >= 0.6 is 0 Å². The largest absolute Gasteiger partial charge is 0.459 e. The van der Waals surface area contributed by atoms with Crippen LogP contribution in [0.4, 0.5) is 13.2 Å². The Hall–Kier alpha value is -0.780. The summed E-state index contributed by atoms with van der Waals surface area (Å²) < 4.78 is 43.2. The van der Waals surface area contributed by atoms with Crippen LogP contribution in [-0.4, -0.2) is 23.8 Å². The summed E-state index contributed by atoms with van der Waals surface area (Å²) in [5.74, 6) is -1.21. The molecule has 16 heavy (non-hydrogen) atoms. The fourth-order valence-electron chi connectivity index (χ4n) is 1.73. The van der Waals surface area contributed by atoms with E-state index in [0.717, 1.165) is 0 Å². The van der Waals surface area contributed by atoms with Gasteiger partial charge in [0.2, 0.25) is 0 Å². The van der Waals surface area contributed by atoms with Gasteiger partial charge in [0, 0.05) is 6.04 Å². The SMILES string of the molecule is CC(C)(C)OC(=O)C1(C(F)(F)F)CC(N)C1. The second-order valence-corrected chi connectivity index (χ2v) is 5.25. The first kappa shape index (κ1) is 13.3. The third kappa shape index (κ3) is 2.31. The standard InChI is InChI=1S/C10H16F3NO2/c1-8(2,3)16-7(15)9(10(11,12)13)4-6(14)5-9/h6H,4-5,14H2,1-3H3. The van der Waals surface area contributed by atoms with Gasteiger partial charge in [-0.05, 0) is 33.6 Å². The molecule has 0 aromatic heterocycles. The second kappa shape index (κ2) is 3.61. The van der Waals surface area contributed by atoms with Gasteiger partial charge < -0.3 is 10.5 Å². The van der Waals surface area contributed by atoms with Crippen LogP contribution in [0.15, 0.2) is 0 Å². The molecule has 1 aliphatic rings. The van der Waals surface area contributed by atoms with Crippen molar-refractivity contribution in [3.8, 4) is 0 Å². The summed E-state index contributed by atoms with van der Waals surface area (Å²) in [5, 5.41) is 0. The third-order valence-corrected chi connectivity index (χ3v) is 2.55. The Kier molecular flexibility index (Phi) is 3.00. The van der Waals surface area contributed by atoms with E-state index in [4.69, 9.17) is 10.5 Å². The van der Waals surface area contributed by atoms with Gasteiger partial charge in [0.1, 0.15) is 5.60 Å². The lowest BCUT2D eigenvalue weighted by molar-refractivity contribution is -0.262. The molecule has 0 aliphatic heterocycles. The van der Waals surface area contributed by atoms with Crippen molar-refractivity contribution in [1.82, 2.24) is 0 Å². The first-order valence-corrected chi connectivity index (χ1v) is 5.04. The summed E-state index contributed by atoms with van der Waals surface area (Å²) in [4.78, 5) is 11.6. The van der Waals surface area contributed by atoms with E-state index in [1.54, 1.807) is 0 Å². The van der Waals surface area contributed by atoms with E-state index in [-0.39, 0.29) is 12.8 Å². The van der Waals surface area contributed by atoms with Gasteiger partial charge in [-0.15, -0.1) is 0 Å². The molecule has 2 N–H and O–H groups in total. The highest BCUT2D eigenvalue weighted by Crippen LogP contribution is 2.53. The Bertz CT molecular complexity index is 287. The van der Waals surface area contributed by atoms with Crippen molar-refractivity contribution >= 4 is 5.97 Å². The number of halogens is 3. The van der Waals surface area contributed by atoms with E-state index in [1.165, 1.54) is 20.8 Å². The number of nitrogens with two attached hydrogens (primary N) is 1. The molecule has 1 saturated carbocycles. The highest BCUT2D eigenvalue weighted by atomic mass is 19.4. The molecule has 1 fully saturated rings. The summed E-state index contributed by atoms with van der Waals surface area (Å²) in [6.07, 6.45) is -5.36. The third-order valence-electron chi connectivity index (χ3n) is 2.55. The summed E-state index contributed by atoms with van der Waals surface area (Å²) >= 11 is 0. The predicted octanol–water partition coefficient (Wildman–Crippen LogP) is 2.00. The van der Waals surface area contributed by atoms with Gasteiger partial charge in [-0.3, -0.25) is 4.79 Å². The van der Waals surface area contributed by atoms with Crippen molar-refractivity contribution in [2.75, 3.05) is 0 Å². The van der Waals surface area contributed by atoms with Gasteiger partial charge in [-0.25, -0.2) is 0 Å². The lowest BCUT2D eigenvalue weighted by atomic mass is 9.65. The Labute approximate surface area is 92.1 Å². The molecule has 3 nitrogen and oxygen atoms in total. The molecular formula is C10H16F3NO2. The number of rotatable bonds is 1. The Balaban J connectivity index is 2.85. The number of alkyl halides is 3. The maximum absolute atomic E-state index is 12.8. The molecule has 0 heterocycles. The van der Waals surface area contributed by atoms with E-state index in [9.17, 15) is 18.0 Å². The molecular weight excluding hydrogens is 223 g/mol. The first-order chi connectivity index (χ1) is 6.98. The van der Waals surface area contributed by atoms with Crippen LogP contribution in [0.2, 0.25) is 0 Å². The fraction of sp³-hybridized carbons (Fsp3) is 0.900. The summed E-state index contributed by atoms with van der Waals surface area (Å²) in [6.45, 7) is 4.61. The van der Waals surface area contributed by atoms with Crippen LogP contribution in [0.3, 0.4) is 0 Å². The average molecular weight is 239 g/mol. The monoisotopic (exact) mass is 239 g/mol. The molecule has 6 heteroatoms. The van der Waals surface area contributed by atoms with E-state index in [0.29, 0.717) is 0 Å². The number of hydrogen-bond acceptors (Lipinski definition) is 3. The van der Waals surface area contributed by atoms with E-state index in [1.807, 2.05) is 0 Å². The van der Waals surface area contributed by atoms with E-state index < -0.39 is 29.2 Å². The van der Waals surface area contributed by atoms with Gasteiger partial charge in [0.15, 0.2) is 5.41 Å². The normalized spacial score (nSPS) is 30.8. The van der Waals surface area contributed by atoms with Gasteiger partial charge in [0.05, 0.1) is 0 Å². The van der Waals surface area contributed by atoms with Crippen LogP contribution in [0.1, 0.15) is 33.6 Å². The van der Waals surface area contributed by atoms with Crippen molar-refractivity contribution in [2.45, 2.75) is 51.4 Å². The number of ether oxygens (including phenoxy) is 1. The molecule has 0 bridgehead atoms. The van der Waals surface area contributed by atoms with E-state index in [2.05, 4.69) is 0 Å². The summed E-state index contributed by atoms with van der Waals surface area (Å²) in [7, 11) is 0. The highest BCUT2D eigenvalue weighted by Gasteiger charge is 2.67. The molecule has 0 saturated heterocycles. The first-order valence-electron chi connectivity index (χ1n) is 5.04. The maximum Gasteiger partial charge on any atom is 0.405 e. The number of hydrogen-bond donors (Lipinski definition) is 1. The highest BCUT2D eigenvalue weighted by molar-refractivity contribution is 5.79. The van der Waals surface area contributed by atoms with Crippen molar-refractivity contribution < 1.29 is 22.7 Å². The molecule has 0 amide bonds. The number of esters is 1. The van der Waals surface area contributed by atoms with Crippen LogP contribution < -0.4 is 5.73 Å². The lowest BCUT2D eigenvalue weighted by Crippen LogP contribution is -2.60. The molecule has 0 aromatic rings. The van der Waals surface area contributed by atoms with Crippen LogP contribution in [0.25, 0.3) is 0 Å². The summed E-state index contributed by atoms with van der Waals surface area (Å²) in [6, 6.07) is -0.575. The zero-order chi connectivity index (χ0) is 12.8. The molecule has 1 rings (SSSR count). The molecule has 0 atom stereocenters. The topological polar surface area (TPSA) is 52.3 Å². The Morgan fingerprint density at radius 2 is 1.75 bits per heavy atom. The smallest absolute Gasteiger partial charge is 0.405 e. The predicted molar refractivity (Wildman–Crippen MR) is 51.5 cm³/mol. The van der Waals surface area contributed by atoms with Gasteiger partial charge >= 0.3 is 12.1 Å². The maximum atomic E-state index is 12.8. The second-order valence-electron chi connectivity index (χ2n) is 5.25. The Morgan fingerprint density at radius 3 is 2.00 bits per heavy atom. The van der Waals surface area contributed by atoms with Gasteiger partial charge in [-0.1, -0.05) is 0 Å². The molecule has 0 unspecified atom stereocenters. The zero-order valence-electron chi connectivity index (χ0n) is 9.52.